The van der Waals surface area contributed by atoms with E-state index in [1.54, 1.807) is 0 Å². The van der Waals surface area contributed by atoms with Crippen LogP contribution in [0.15, 0.2) is 12.4 Å². The lowest BCUT2D eigenvalue weighted by Crippen LogP contribution is -2.28. The van der Waals surface area contributed by atoms with Crippen LogP contribution in [-0.2, 0) is 13.0 Å². The van der Waals surface area contributed by atoms with E-state index in [4.69, 9.17) is 0 Å². The van der Waals surface area contributed by atoms with Crippen LogP contribution in [0.1, 0.15) is 33.3 Å². The van der Waals surface area contributed by atoms with Gasteiger partial charge in [-0.25, -0.2) is 0 Å². The quantitative estimate of drug-likeness (QED) is 0.777. The maximum Gasteiger partial charge on any atom is 0.0521 e. The zero-order valence-corrected chi connectivity index (χ0v) is 10.3. The van der Waals surface area contributed by atoms with Gasteiger partial charge in [0.1, 0.15) is 0 Å². The Hall–Kier alpha value is -0.830. The van der Waals surface area contributed by atoms with Gasteiger partial charge in [0.05, 0.1) is 6.20 Å². The van der Waals surface area contributed by atoms with E-state index in [9.17, 15) is 0 Å². The number of hydrogen-bond acceptors (Lipinski definition) is 2. The third-order valence-corrected chi connectivity index (χ3v) is 2.47. The van der Waals surface area contributed by atoms with E-state index in [-0.39, 0.29) is 0 Å². The molecule has 3 heteroatoms. The number of aromatic nitrogens is 2. The van der Waals surface area contributed by atoms with Crippen LogP contribution in [0.5, 0.6) is 0 Å². The van der Waals surface area contributed by atoms with Gasteiger partial charge in [0.25, 0.3) is 0 Å². The molecule has 1 atom stereocenters. The van der Waals surface area contributed by atoms with Crippen LogP contribution < -0.4 is 5.32 Å². The predicted octanol–water partition coefficient (Wildman–Crippen LogP) is 2.08. The molecule has 0 amide bonds. The highest BCUT2D eigenvalue weighted by molar-refractivity contribution is 5.04. The van der Waals surface area contributed by atoms with Gasteiger partial charge < -0.3 is 5.32 Å². The van der Waals surface area contributed by atoms with E-state index < -0.39 is 0 Å². The van der Waals surface area contributed by atoms with Crippen LogP contribution in [0.4, 0.5) is 0 Å². The first kappa shape index (κ1) is 12.2. The molecule has 86 valence electrons. The Kier molecular flexibility index (Phi) is 4.82. The molecule has 1 aromatic heterocycles. The predicted molar refractivity (Wildman–Crippen MR) is 63.9 cm³/mol. The summed E-state index contributed by atoms with van der Waals surface area (Å²) >= 11 is 0. The molecule has 0 spiro atoms. The van der Waals surface area contributed by atoms with Crippen LogP contribution >= 0.6 is 0 Å². The molecule has 1 aromatic rings. The summed E-state index contributed by atoms with van der Waals surface area (Å²) in [5.41, 5.74) is 1.34. The fraction of sp³-hybridized carbons (Fsp3) is 0.750. The number of nitrogens with zero attached hydrogens (tertiary/aromatic N) is 2. The van der Waals surface area contributed by atoms with E-state index >= 15 is 0 Å². The highest BCUT2D eigenvalue weighted by Gasteiger charge is 2.05. The summed E-state index contributed by atoms with van der Waals surface area (Å²) in [6.45, 7) is 10.8. The minimum Gasteiger partial charge on any atom is -0.314 e. The number of rotatable bonds is 6. The minimum atomic E-state index is 0.575. The molecule has 0 aromatic carbocycles. The van der Waals surface area contributed by atoms with Gasteiger partial charge >= 0.3 is 0 Å². The van der Waals surface area contributed by atoms with Crippen LogP contribution in [0.25, 0.3) is 0 Å². The second kappa shape index (κ2) is 5.91. The van der Waals surface area contributed by atoms with Gasteiger partial charge in [-0.15, -0.1) is 0 Å². The normalized spacial score (nSPS) is 13.4. The average molecular weight is 209 g/mol. The Morgan fingerprint density at radius 3 is 2.67 bits per heavy atom. The van der Waals surface area contributed by atoms with Crippen molar-refractivity contribution in [3.05, 3.63) is 18.0 Å². The van der Waals surface area contributed by atoms with Crippen molar-refractivity contribution in [2.24, 2.45) is 5.92 Å². The lowest BCUT2D eigenvalue weighted by Gasteiger charge is -2.13. The van der Waals surface area contributed by atoms with Crippen LogP contribution in [-0.4, -0.2) is 22.4 Å². The zero-order valence-electron chi connectivity index (χ0n) is 10.3. The fourth-order valence-electron chi connectivity index (χ4n) is 1.60. The molecular formula is C12H23N3. The molecule has 1 unspecified atom stereocenters. The summed E-state index contributed by atoms with van der Waals surface area (Å²) in [7, 11) is 0. The number of nitrogens with one attached hydrogen (secondary N) is 1. The van der Waals surface area contributed by atoms with E-state index in [2.05, 4.69) is 44.3 Å². The van der Waals surface area contributed by atoms with Crippen LogP contribution in [0.3, 0.4) is 0 Å². The smallest absolute Gasteiger partial charge is 0.0521 e. The molecule has 0 aliphatic heterocycles. The van der Waals surface area contributed by atoms with E-state index in [1.807, 2.05) is 10.9 Å². The molecule has 0 fully saturated rings. The van der Waals surface area contributed by atoms with Crippen molar-refractivity contribution < 1.29 is 0 Å². The molecular weight excluding hydrogens is 186 g/mol. The Labute approximate surface area is 92.9 Å². The monoisotopic (exact) mass is 209 g/mol. The van der Waals surface area contributed by atoms with Gasteiger partial charge in [-0.1, -0.05) is 20.8 Å². The highest BCUT2D eigenvalue weighted by atomic mass is 15.3. The van der Waals surface area contributed by atoms with E-state index in [1.165, 1.54) is 5.56 Å². The summed E-state index contributed by atoms with van der Waals surface area (Å²) < 4.78 is 1.98. The molecule has 0 saturated heterocycles. The molecule has 1 N–H and O–H groups in total. The van der Waals surface area contributed by atoms with Crippen molar-refractivity contribution in [3.8, 4) is 0 Å². The van der Waals surface area contributed by atoms with Crippen LogP contribution in [0, 0.1) is 5.92 Å². The molecule has 1 rings (SSSR count). The van der Waals surface area contributed by atoms with Crippen molar-refractivity contribution in [3.63, 3.8) is 0 Å². The molecule has 0 radical (unpaired) electrons. The molecule has 3 nitrogen and oxygen atoms in total. The van der Waals surface area contributed by atoms with Gasteiger partial charge in [-0.05, 0) is 31.4 Å². The van der Waals surface area contributed by atoms with Gasteiger partial charge in [0, 0.05) is 18.8 Å². The van der Waals surface area contributed by atoms with Crippen molar-refractivity contribution in [2.45, 2.75) is 46.7 Å². The van der Waals surface area contributed by atoms with E-state index in [0.717, 1.165) is 19.5 Å². The molecule has 0 bridgehead atoms. The molecule has 0 aliphatic rings. The van der Waals surface area contributed by atoms with E-state index in [0.29, 0.717) is 12.0 Å². The molecule has 15 heavy (non-hydrogen) atoms. The zero-order chi connectivity index (χ0) is 11.3. The van der Waals surface area contributed by atoms with Gasteiger partial charge in [0.15, 0.2) is 0 Å². The van der Waals surface area contributed by atoms with Gasteiger partial charge in [0.2, 0.25) is 0 Å². The standard InChI is InChI=1S/C12H23N3/c1-5-15-9-12(8-14-15)6-11(4)7-13-10(2)3/h8-11,13H,5-7H2,1-4H3. The fourth-order valence-corrected chi connectivity index (χ4v) is 1.60. The minimum absolute atomic E-state index is 0.575. The Bertz CT molecular complexity index is 278. The average Bonchev–Trinajstić information content (AvgIpc) is 2.62. The maximum absolute atomic E-state index is 4.28. The first-order chi connectivity index (χ1) is 7.11. The topological polar surface area (TPSA) is 29.9 Å². The maximum atomic E-state index is 4.28. The highest BCUT2D eigenvalue weighted by Crippen LogP contribution is 2.07. The van der Waals surface area contributed by atoms with Crippen LogP contribution in [0.2, 0.25) is 0 Å². The van der Waals surface area contributed by atoms with Crippen molar-refractivity contribution in [2.75, 3.05) is 6.54 Å². The second-order valence-corrected chi connectivity index (χ2v) is 4.58. The number of aryl methyl sites for hydroxylation is 1. The second-order valence-electron chi connectivity index (χ2n) is 4.58. The summed E-state index contributed by atoms with van der Waals surface area (Å²) in [5.74, 6) is 0.668. The lowest BCUT2D eigenvalue weighted by atomic mass is 10.0. The van der Waals surface area contributed by atoms with Crippen molar-refractivity contribution in [1.82, 2.24) is 15.1 Å². The molecule has 1 heterocycles. The SMILES string of the molecule is CCn1cc(CC(C)CNC(C)C)cn1. The Morgan fingerprint density at radius 2 is 2.13 bits per heavy atom. The lowest BCUT2D eigenvalue weighted by molar-refractivity contribution is 0.475. The van der Waals surface area contributed by atoms with Crippen molar-refractivity contribution in [1.29, 1.82) is 0 Å². The number of hydrogen-bond donors (Lipinski definition) is 1. The Balaban J connectivity index is 2.33. The van der Waals surface area contributed by atoms with Gasteiger partial charge in [-0.3, -0.25) is 4.68 Å². The first-order valence-electron chi connectivity index (χ1n) is 5.86. The summed E-state index contributed by atoms with van der Waals surface area (Å²) in [4.78, 5) is 0. The van der Waals surface area contributed by atoms with Gasteiger partial charge in [-0.2, -0.15) is 5.10 Å². The molecule has 0 saturated carbocycles. The van der Waals surface area contributed by atoms with Crippen molar-refractivity contribution >= 4 is 0 Å². The largest absolute Gasteiger partial charge is 0.314 e. The summed E-state index contributed by atoms with van der Waals surface area (Å²) in [6.07, 6.45) is 5.24. The first-order valence-corrected chi connectivity index (χ1v) is 5.86. The third kappa shape index (κ3) is 4.47. The third-order valence-electron chi connectivity index (χ3n) is 2.47. The summed E-state index contributed by atoms with van der Waals surface area (Å²) in [6, 6.07) is 0.575. The molecule has 0 aliphatic carbocycles. The summed E-state index contributed by atoms with van der Waals surface area (Å²) in [5, 5.41) is 7.74. The Morgan fingerprint density at radius 1 is 1.40 bits per heavy atom.